The van der Waals surface area contributed by atoms with Crippen molar-refractivity contribution in [1.29, 1.82) is 0 Å². The SMILES string of the molecule is O=C(NC1CCN(c2nccc(C3CC3)n2)C1)c1ccc(OC(F)F)cc1. The topological polar surface area (TPSA) is 67.4 Å². The number of hydrogen-bond donors (Lipinski definition) is 1. The average molecular weight is 374 g/mol. The minimum atomic E-state index is -2.88. The maximum atomic E-state index is 12.4. The van der Waals surface area contributed by atoms with Crippen LogP contribution in [-0.4, -0.2) is 41.6 Å². The standard InChI is InChI=1S/C19H20F2N4O2/c20-18(21)27-15-5-3-13(4-6-15)17(26)23-14-8-10-25(11-14)19-22-9-7-16(24-19)12-1-2-12/h3-7,9,12,14,18H,1-2,8,10-11H2,(H,23,26). The molecule has 0 radical (unpaired) electrons. The number of aromatic nitrogens is 2. The summed E-state index contributed by atoms with van der Waals surface area (Å²) in [4.78, 5) is 23.5. The fourth-order valence-electron chi connectivity index (χ4n) is 3.24. The van der Waals surface area contributed by atoms with Gasteiger partial charge in [0.1, 0.15) is 5.75 Å². The third kappa shape index (κ3) is 4.32. The maximum Gasteiger partial charge on any atom is 0.387 e. The van der Waals surface area contributed by atoms with Crippen molar-refractivity contribution in [2.75, 3.05) is 18.0 Å². The van der Waals surface area contributed by atoms with Gasteiger partial charge in [0.05, 0.1) is 0 Å². The highest BCUT2D eigenvalue weighted by Gasteiger charge is 2.29. The van der Waals surface area contributed by atoms with Gasteiger partial charge in [0.2, 0.25) is 5.95 Å². The van der Waals surface area contributed by atoms with E-state index < -0.39 is 6.61 Å². The Labute approximate surface area is 155 Å². The Morgan fingerprint density at radius 2 is 1.96 bits per heavy atom. The molecule has 0 spiro atoms. The van der Waals surface area contributed by atoms with E-state index in [0.717, 1.165) is 18.7 Å². The first-order valence-corrected chi connectivity index (χ1v) is 9.02. The van der Waals surface area contributed by atoms with Crippen LogP contribution < -0.4 is 15.0 Å². The summed E-state index contributed by atoms with van der Waals surface area (Å²) in [6.07, 6.45) is 4.98. The number of hydrogen-bond acceptors (Lipinski definition) is 5. The van der Waals surface area contributed by atoms with Gasteiger partial charge in [0.15, 0.2) is 0 Å². The molecule has 8 heteroatoms. The first-order valence-electron chi connectivity index (χ1n) is 9.02. The third-order valence-corrected chi connectivity index (χ3v) is 4.81. The van der Waals surface area contributed by atoms with Crippen molar-refractivity contribution >= 4 is 11.9 Å². The van der Waals surface area contributed by atoms with E-state index in [1.54, 1.807) is 6.20 Å². The molecule has 1 aliphatic carbocycles. The number of benzene rings is 1. The highest BCUT2D eigenvalue weighted by molar-refractivity contribution is 5.94. The van der Waals surface area contributed by atoms with E-state index in [0.29, 0.717) is 24.0 Å². The molecule has 1 saturated heterocycles. The van der Waals surface area contributed by atoms with E-state index in [1.165, 1.54) is 37.1 Å². The lowest BCUT2D eigenvalue weighted by atomic mass is 10.2. The van der Waals surface area contributed by atoms with Crippen molar-refractivity contribution < 1.29 is 18.3 Å². The molecule has 1 aliphatic heterocycles. The normalized spacial score (nSPS) is 19.4. The summed E-state index contributed by atoms with van der Waals surface area (Å²) in [7, 11) is 0. The average Bonchev–Trinajstić information content (AvgIpc) is 3.41. The van der Waals surface area contributed by atoms with Crippen molar-refractivity contribution in [1.82, 2.24) is 15.3 Å². The highest BCUT2D eigenvalue weighted by atomic mass is 19.3. The molecule has 2 fully saturated rings. The fraction of sp³-hybridized carbons (Fsp3) is 0.421. The molecule has 142 valence electrons. The number of rotatable bonds is 6. The van der Waals surface area contributed by atoms with E-state index in [1.807, 2.05) is 6.07 Å². The van der Waals surface area contributed by atoms with Crippen LogP contribution in [0.1, 0.15) is 41.2 Å². The molecular formula is C19H20F2N4O2. The molecule has 1 atom stereocenters. The number of alkyl halides is 2. The van der Waals surface area contributed by atoms with E-state index in [-0.39, 0.29) is 17.7 Å². The number of carbonyl (C=O) groups excluding carboxylic acids is 1. The summed E-state index contributed by atoms with van der Waals surface area (Å²) < 4.78 is 28.7. The Balaban J connectivity index is 1.34. The van der Waals surface area contributed by atoms with Gasteiger partial charge in [-0.2, -0.15) is 8.78 Å². The summed E-state index contributed by atoms with van der Waals surface area (Å²) in [5, 5.41) is 2.98. The number of nitrogens with one attached hydrogen (secondary N) is 1. The van der Waals surface area contributed by atoms with Crippen LogP contribution in [0.15, 0.2) is 36.5 Å². The lowest BCUT2D eigenvalue weighted by Crippen LogP contribution is -2.37. The molecule has 2 aliphatic rings. The van der Waals surface area contributed by atoms with Gasteiger partial charge in [-0.05, 0) is 49.6 Å². The van der Waals surface area contributed by atoms with Crippen LogP contribution in [0, 0.1) is 0 Å². The molecule has 1 amide bonds. The van der Waals surface area contributed by atoms with Gasteiger partial charge in [-0.3, -0.25) is 4.79 Å². The Morgan fingerprint density at radius 3 is 2.67 bits per heavy atom. The predicted octanol–water partition coefficient (Wildman–Crippen LogP) is 2.96. The zero-order chi connectivity index (χ0) is 18.8. The first-order chi connectivity index (χ1) is 13.1. The maximum absolute atomic E-state index is 12.4. The number of nitrogens with zero attached hydrogens (tertiary/aromatic N) is 3. The Kier molecular flexibility index (Phi) is 4.87. The summed E-state index contributed by atoms with van der Waals surface area (Å²) in [6.45, 7) is -1.46. The zero-order valence-electron chi connectivity index (χ0n) is 14.6. The number of anilines is 1. The molecule has 27 heavy (non-hydrogen) atoms. The molecule has 1 aromatic carbocycles. The quantitative estimate of drug-likeness (QED) is 0.842. The van der Waals surface area contributed by atoms with Gasteiger partial charge in [-0.15, -0.1) is 0 Å². The highest BCUT2D eigenvalue weighted by Crippen LogP contribution is 2.39. The van der Waals surface area contributed by atoms with Crippen LogP contribution in [0.4, 0.5) is 14.7 Å². The minimum Gasteiger partial charge on any atom is -0.435 e. The van der Waals surface area contributed by atoms with E-state index >= 15 is 0 Å². The largest absolute Gasteiger partial charge is 0.435 e. The Bertz CT molecular complexity index is 812. The lowest BCUT2D eigenvalue weighted by Gasteiger charge is -2.17. The van der Waals surface area contributed by atoms with Gasteiger partial charge in [0.25, 0.3) is 5.91 Å². The lowest BCUT2D eigenvalue weighted by molar-refractivity contribution is -0.0498. The van der Waals surface area contributed by atoms with Crippen LogP contribution in [-0.2, 0) is 0 Å². The number of ether oxygens (including phenoxy) is 1. The van der Waals surface area contributed by atoms with Crippen molar-refractivity contribution in [3.63, 3.8) is 0 Å². The Hall–Kier alpha value is -2.77. The first kappa shape index (κ1) is 17.6. The number of carbonyl (C=O) groups is 1. The molecular weight excluding hydrogens is 354 g/mol. The number of amides is 1. The van der Waals surface area contributed by atoms with E-state index in [4.69, 9.17) is 0 Å². The summed E-state index contributed by atoms with van der Waals surface area (Å²) in [5.41, 5.74) is 1.50. The van der Waals surface area contributed by atoms with Crippen molar-refractivity contribution in [2.45, 2.75) is 37.8 Å². The van der Waals surface area contributed by atoms with Crippen LogP contribution in [0.3, 0.4) is 0 Å². The second-order valence-corrected chi connectivity index (χ2v) is 6.86. The monoisotopic (exact) mass is 374 g/mol. The summed E-state index contributed by atoms with van der Waals surface area (Å²) in [5.74, 6) is 1.07. The molecule has 1 unspecified atom stereocenters. The summed E-state index contributed by atoms with van der Waals surface area (Å²) in [6, 6.07) is 7.63. The van der Waals surface area contributed by atoms with Gasteiger partial charge in [-0.25, -0.2) is 9.97 Å². The van der Waals surface area contributed by atoms with E-state index in [2.05, 4.69) is 24.9 Å². The molecule has 2 aromatic rings. The molecule has 0 bridgehead atoms. The second-order valence-electron chi connectivity index (χ2n) is 6.86. The van der Waals surface area contributed by atoms with Crippen molar-refractivity contribution in [3.05, 3.63) is 47.8 Å². The van der Waals surface area contributed by atoms with Crippen LogP contribution in [0.5, 0.6) is 5.75 Å². The third-order valence-electron chi connectivity index (χ3n) is 4.81. The Morgan fingerprint density at radius 1 is 1.19 bits per heavy atom. The van der Waals surface area contributed by atoms with Gasteiger partial charge >= 0.3 is 6.61 Å². The summed E-state index contributed by atoms with van der Waals surface area (Å²) >= 11 is 0. The number of halogens is 2. The van der Waals surface area contributed by atoms with Crippen LogP contribution in [0.2, 0.25) is 0 Å². The minimum absolute atomic E-state index is 0.0114. The molecule has 1 aromatic heterocycles. The van der Waals surface area contributed by atoms with Crippen LogP contribution >= 0.6 is 0 Å². The molecule has 1 saturated carbocycles. The molecule has 1 N–H and O–H groups in total. The van der Waals surface area contributed by atoms with Crippen molar-refractivity contribution in [3.8, 4) is 5.75 Å². The van der Waals surface area contributed by atoms with Crippen LogP contribution in [0.25, 0.3) is 0 Å². The second kappa shape index (κ2) is 7.46. The van der Waals surface area contributed by atoms with Crippen molar-refractivity contribution in [2.24, 2.45) is 0 Å². The molecule has 4 rings (SSSR count). The van der Waals surface area contributed by atoms with E-state index in [9.17, 15) is 13.6 Å². The van der Waals surface area contributed by atoms with Gasteiger partial charge < -0.3 is 15.0 Å². The predicted molar refractivity (Wildman–Crippen MR) is 95.2 cm³/mol. The smallest absolute Gasteiger partial charge is 0.387 e. The van der Waals surface area contributed by atoms with Gasteiger partial charge in [-0.1, -0.05) is 0 Å². The molecule has 2 heterocycles. The molecule has 6 nitrogen and oxygen atoms in total. The van der Waals surface area contributed by atoms with Gasteiger partial charge in [0, 0.05) is 42.5 Å². The fourth-order valence-corrected chi connectivity index (χ4v) is 3.24. The zero-order valence-corrected chi connectivity index (χ0v) is 14.6.